The highest BCUT2D eigenvalue weighted by Gasteiger charge is 1.78. The fourth-order valence-electron chi connectivity index (χ4n) is 0.185. The molecule has 3 nitrogen and oxygen atoms in total. The lowest BCUT2D eigenvalue weighted by atomic mass is 10.7. The van der Waals surface area contributed by atoms with Gasteiger partial charge in [0.25, 0.3) is 0 Å². The molecule has 0 saturated heterocycles. The van der Waals surface area contributed by atoms with Crippen LogP contribution >= 0.6 is 0 Å². The number of carboxylic acids is 1. The van der Waals surface area contributed by atoms with Crippen molar-refractivity contribution in [2.75, 3.05) is 13.2 Å². The highest BCUT2D eigenvalue weighted by molar-refractivity contribution is 5.65. The molecule has 0 atom stereocenters. The van der Waals surface area contributed by atoms with Crippen molar-refractivity contribution in [3.63, 3.8) is 0 Å². The average molecular weight is 118 g/mol. The Bertz CT molecular complexity index is 60.7. The summed E-state index contributed by atoms with van der Waals surface area (Å²) in [5.41, 5.74) is 0. The lowest BCUT2D eigenvalue weighted by Gasteiger charge is -1.98. The lowest BCUT2D eigenvalue weighted by Crippen LogP contribution is -2.27. The number of ether oxygens (including phenoxy) is 1. The van der Waals surface area contributed by atoms with Crippen LogP contribution in [0, 0.1) is 7.43 Å². The van der Waals surface area contributed by atoms with Crippen LogP contribution in [-0.2, 0) is 9.53 Å². The molecule has 0 aliphatic heterocycles. The third-order valence-corrected chi connectivity index (χ3v) is 0.424. The van der Waals surface area contributed by atoms with Gasteiger partial charge in [-0.2, -0.15) is 0 Å². The van der Waals surface area contributed by atoms with Crippen LogP contribution in [0.4, 0.5) is 0 Å². The van der Waals surface area contributed by atoms with Gasteiger partial charge in [0.15, 0.2) is 0 Å². The second kappa shape index (κ2) is 6.30. The van der Waals surface area contributed by atoms with Crippen molar-refractivity contribution >= 4 is 5.97 Å². The Morgan fingerprint density at radius 3 is 2.38 bits per heavy atom. The first-order valence-electron chi connectivity index (χ1n) is 2.05. The van der Waals surface area contributed by atoms with Crippen LogP contribution in [0.15, 0.2) is 0 Å². The van der Waals surface area contributed by atoms with Crippen LogP contribution in [0.5, 0.6) is 0 Å². The van der Waals surface area contributed by atoms with Gasteiger partial charge in [-0.05, 0) is 6.92 Å². The predicted molar refractivity (Wildman–Crippen MR) is 27.9 cm³/mol. The number of hydrogen-bond donors (Lipinski definition) is 0. The second-order valence-electron chi connectivity index (χ2n) is 1.01. The van der Waals surface area contributed by atoms with Crippen LogP contribution in [0.1, 0.15) is 6.92 Å². The summed E-state index contributed by atoms with van der Waals surface area (Å²) in [5.74, 6) is -1.16. The summed E-state index contributed by atoms with van der Waals surface area (Å²) in [7, 11) is 0. The lowest BCUT2D eigenvalue weighted by molar-refractivity contribution is -0.309. The summed E-state index contributed by atoms with van der Waals surface area (Å²) in [6.07, 6.45) is 0. The van der Waals surface area contributed by atoms with Crippen LogP contribution in [0.3, 0.4) is 0 Å². The van der Waals surface area contributed by atoms with Gasteiger partial charge in [-0.15, -0.1) is 0 Å². The molecule has 0 N–H and O–H groups in total. The third-order valence-electron chi connectivity index (χ3n) is 0.424. The molecule has 0 heterocycles. The third kappa shape index (κ3) is 9.00. The molecule has 0 aromatic rings. The number of aliphatic carboxylic acids is 1. The molecule has 0 unspecified atom stereocenters. The maximum atomic E-state index is 9.52. The molecule has 0 aromatic heterocycles. The Morgan fingerprint density at radius 1 is 1.75 bits per heavy atom. The maximum Gasteiger partial charge on any atom is 0.0861 e. The summed E-state index contributed by atoms with van der Waals surface area (Å²) in [6, 6.07) is 0. The molecule has 0 aliphatic rings. The van der Waals surface area contributed by atoms with E-state index in [2.05, 4.69) is 4.74 Å². The first-order chi connectivity index (χ1) is 3.27. The summed E-state index contributed by atoms with van der Waals surface area (Å²) < 4.78 is 4.43. The molecular formula is C5H10O3. The zero-order valence-electron chi connectivity index (χ0n) is 5.14. The summed E-state index contributed by atoms with van der Waals surface area (Å²) in [4.78, 5) is 9.52. The van der Waals surface area contributed by atoms with Gasteiger partial charge < -0.3 is 14.6 Å². The smallest absolute Gasteiger partial charge is 0.0861 e. The Hall–Kier alpha value is -0.700. The van der Waals surface area contributed by atoms with Gasteiger partial charge in [0.2, 0.25) is 0 Å². The van der Waals surface area contributed by atoms with E-state index in [1.807, 2.05) is 0 Å². The van der Waals surface area contributed by atoms with E-state index in [0.717, 1.165) is 0 Å². The zero-order valence-corrected chi connectivity index (χ0v) is 5.14. The summed E-state index contributed by atoms with van der Waals surface area (Å²) >= 11 is 0. The minimum atomic E-state index is -1.16. The van der Waals surface area contributed by atoms with Crippen LogP contribution in [0.2, 0.25) is 0 Å². The van der Waals surface area contributed by atoms with Gasteiger partial charge in [0, 0.05) is 14.0 Å². The number of hydrogen-bond acceptors (Lipinski definition) is 3. The van der Waals surface area contributed by atoms with Crippen molar-refractivity contribution in [1.82, 2.24) is 0 Å². The molecular weight excluding hydrogens is 108 g/mol. The van der Waals surface area contributed by atoms with Crippen molar-refractivity contribution < 1.29 is 14.6 Å². The Balaban J connectivity index is 0. The van der Waals surface area contributed by atoms with Crippen molar-refractivity contribution in [3.8, 4) is 0 Å². The van der Waals surface area contributed by atoms with Crippen LogP contribution in [0.25, 0.3) is 0 Å². The molecule has 0 fully saturated rings. The fourth-order valence-corrected chi connectivity index (χ4v) is 0.185. The quantitative estimate of drug-likeness (QED) is 0.457. The molecule has 0 aliphatic carbocycles. The second-order valence-corrected chi connectivity index (χ2v) is 1.01. The van der Waals surface area contributed by atoms with Gasteiger partial charge in [-0.3, -0.25) is 0 Å². The highest BCUT2D eigenvalue weighted by Crippen LogP contribution is 1.66. The van der Waals surface area contributed by atoms with E-state index in [4.69, 9.17) is 0 Å². The molecule has 0 bridgehead atoms. The fraction of sp³-hybridized carbons (Fsp3) is 0.600. The van der Waals surface area contributed by atoms with E-state index in [1.165, 1.54) is 0 Å². The minimum absolute atomic E-state index is 0. The standard InChI is InChI=1S/C4H8O3.CH3/c1-2-7-3-4(5)6;/h2-3H2,1H3,(H,5,6);1H3/q;+1/p-1. The van der Waals surface area contributed by atoms with Crippen LogP contribution in [-0.4, -0.2) is 19.2 Å². The number of carboxylic acid groups (broad SMARTS) is 1. The molecule has 0 spiro atoms. The maximum absolute atomic E-state index is 9.52. The molecule has 8 heavy (non-hydrogen) atoms. The zero-order chi connectivity index (χ0) is 5.70. The highest BCUT2D eigenvalue weighted by atomic mass is 16.5. The van der Waals surface area contributed by atoms with E-state index in [1.54, 1.807) is 6.92 Å². The Kier molecular flexibility index (Phi) is 8.12. The molecule has 48 valence electrons. The molecule has 0 amide bonds. The first-order valence-corrected chi connectivity index (χ1v) is 2.05. The average Bonchev–Trinajstić information content (AvgIpc) is 1.61. The van der Waals surface area contributed by atoms with Gasteiger partial charge in [-0.1, -0.05) is 0 Å². The largest absolute Gasteiger partial charge is 0.548 e. The molecule has 0 saturated carbocycles. The van der Waals surface area contributed by atoms with Crippen LogP contribution < -0.4 is 5.11 Å². The van der Waals surface area contributed by atoms with Crippen molar-refractivity contribution in [3.05, 3.63) is 7.43 Å². The summed E-state index contributed by atoms with van der Waals surface area (Å²) in [5, 5.41) is 9.52. The van der Waals surface area contributed by atoms with Gasteiger partial charge in [0.1, 0.15) is 0 Å². The number of carbonyl (C=O) groups excluding carboxylic acids is 1. The van der Waals surface area contributed by atoms with Crippen molar-refractivity contribution in [2.24, 2.45) is 0 Å². The van der Waals surface area contributed by atoms with E-state index >= 15 is 0 Å². The van der Waals surface area contributed by atoms with Gasteiger partial charge in [-0.25, -0.2) is 0 Å². The molecule has 0 aromatic carbocycles. The van der Waals surface area contributed by atoms with E-state index in [-0.39, 0.29) is 14.0 Å². The van der Waals surface area contributed by atoms with Crippen molar-refractivity contribution in [1.29, 1.82) is 0 Å². The van der Waals surface area contributed by atoms with E-state index < -0.39 is 5.97 Å². The topological polar surface area (TPSA) is 49.4 Å². The Morgan fingerprint density at radius 2 is 2.25 bits per heavy atom. The SMILES string of the molecule is CCOCC(=O)[O-].[CH3+]. The first kappa shape index (κ1) is 10.3. The number of carbonyl (C=O) groups is 1. The minimum Gasteiger partial charge on any atom is -0.548 e. The molecule has 3 heteroatoms. The monoisotopic (exact) mass is 118 g/mol. The predicted octanol–water partition coefficient (Wildman–Crippen LogP) is -0.777. The Labute approximate surface area is 49.3 Å². The molecule has 0 radical (unpaired) electrons. The molecule has 0 rings (SSSR count). The van der Waals surface area contributed by atoms with E-state index in [0.29, 0.717) is 6.61 Å². The van der Waals surface area contributed by atoms with Gasteiger partial charge in [0.05, 0.1) is 12.6 Å². The van der Waals surface area contributed by atoms with E-state index in [9.17, 15) is 9.90 Å². The van der Waals surface area contributed by atoms with Gasteiger partial charge >= 0.3 is 0 Å². The number of rotatable bonds is 3. The van der Waals surface area contributed by atoms with Crippen molar-refractivity contribution in [2.45, 2.75) is 6.92 Å². The summed E-state index contributed by atoms with van der Waals surface area (Å²) in [6.45, 7) is 1.85. The normalized spacial score (nSPS) is 7.62.